The zero-order valence-electron chi connectivity index (χ0n) is 7.84. The Morgan fingerprint density at radius 2 is 2.00 bits per heavy atom. The number of halogens is 3. The summed E-state index contributed by atoms with van der Waals surface area (Å²) in [6, 6.07) is 3.71. The quantitative estimate of drug-likeness (QED) is 0.780. The van der Waals surface area contributed by atoms with Crippen LogP contribution in [-0.2, 0) is 7.05 Å². The maximum Gasteiger partial charge on any atom is 0.159 e. The van der Waals surface area contributed by atoms with Gasteiger partial charge in [-0.05, 0) is 34.1 Å². The first-order valence-corrected chi connectivity index (χ1v) is 5.01. The average Bonchev–Trinajstić information content (AvgIpc) is 2.53. The zero-order chi connectivity index (χ0) is 11.0. The molecule has 1 aromatic heterocycles. The van der Waals surface area contributed by atoms with Gasteiger partial charge in [0.05, 0.1) is 6.33 Å². The predicted octanol–water partition coefficient (Wildman–Crippen LogP) is 3.13. The van der Waals surface area contributed by atoms with E-state index < -0.39 is 11.6 Å². The molecule has 5 heteroatoms. The molecular weight excluding hydrogens is 266 g/mol. The number of aryl methyl sites for hydroxylation is 1. The molecule has 1 heterocycles. The van der Waals surface area contributed by atoms with Crippen LogP contribution in [0, 0.1) is 11.6 Å². The van der Waals surface area contributed by atoms with Gasteiger partial charge in [0.1, 0.15) is 10.3 Å². The van der Waals surface area contributed by atoms with Gasteiger partial charge in [-0.1, -0.05) is 0 Å². The van der Waals surface area contributed by atoms with E-state index in [0.717, 1.165) is 16.7 Å². The summed E-state index contributed by atoms with van der Waals surface area (Å²) < 4.78 is 28.2. The predicted molar refractivity (Wildman–Crippen MR) is 56.3 cm³/mol. The third-order valence-corrected chi connectivity index (χ3v) is 2.99. The van der Waals surface area contributed by atoms with Crippen LogP contribution in [0.5, 0.6) is 0 Å². The molecule has 1 aromatic carbocycles. The Morgan fingerprint density at radius 1 is 1.27 bits per heavy atom. The lowest BCUT2D eigenvalue weighted by Crippen LogP contribution is -1.87. The molecule has 0 spiro atoms. The summed E-state index contributed by atoms with van der Waals surface area (Å²) >= 11 is 3.31. The number of benzene rings is 1. The second-order valence-corrected chi connectivity index (χ2v) is 3.87. The molecule has 0 saturated heterocycles. The highest BCUT2D eigenvalue weighted by atomic mass is 79.9. The smallest absolute Gasteiger partial charge is 0.159 e. The van der Waals surface area contributed by atoms with Crippen LogP contribution in [0.25, 0.3) is 11.3 Å². The molecule has 0 radical (unpaired) electrons. The van der Waals surface area contributed by atoms with E-state index in [-0.39, 0.29) is 0 Å². The van der Waals surface area contributed by atoms with Crippen molar-refractivity contribution in [3.05, 3.63) is 40.8 Å². The number of imidazole rings is 1. The molecule has 0 unspecified atom stereocenters. The number of aromatic nitrogens is 2. The molecule has 0 atom stereocenters. The van der Waals surface area contributed by atoms with Crippen molar-refractivity contribution in [1.82, 2.24) is 9.55 Å². The van der Waals surface area contributed by atoms with Crippen molar-refractivity contribution in [1.29, 1.82) is 0 Å². The first kappa shape index (κ1) is 10.3. The Bertz CT molecular complexity index is 508. The maximum atomic E-state index is 13.0. The molecule has 15 heavy (non-hydrogen) atoms. The fourth-order valence-corrected chi connectivity index (χ4v) is 1.68. The molecular formula is C10H7BrF2N2. The van der Waals surface area contributed by atoms with E-state index in [2.05, 4.69) is 20.9 Å². The van der Waals surface area contributed by atoms with Gasteiger partial charge in [0.2, 0.25) is 0 Å². The van der Waals surface area contributed by atoms with Gasteiger partial charge in [-0.2, -0.15) is 0 Å². The molecule has 0 saturated carbocycles. The molecule has 2 aromatic rings. The van der Waals surface area contributed by atoms with Crippen LogP contribution in [0.4, 0.5) is 8.78 Å². The fraction of sp³-hybridized carbons (Fsp3) is 0.100. The summed E-state index contributed by atoms with van der Waals surface area (Å²) in [7, 11) is 1.81. The highest BCUT2D eigenvalue weighted by Crippen LogP contribution is 2.27. The van der Waals surface area contributed by atoms with Crippen LogP contribution in [0.2, 0.25) is 0 Å². The highest BCUT2D eigenvalue weighted by molar-refractivity contribution is 9.10. The summed E-state index contributed by atoms with van der Waals surface area (Å²) in [5, 5.41) is 0. The van der Waals surface area contributed by atoms with Crippen molar-refractivity contribution < 1.29 is 8.78 Å². The van der Waals surface area contributed by atoms with Crippen LogP contribution in [0.15, 0.2) is 29.1 Å². The zero-order valence-corrected chi connectivity index (χ0v) is 9.42. The average molecular weight is 273 g/mol. The van der Waals surface area contributed by atoms with Gasteiger partial charge in [0.25, 0.3) is 0 Å². The van der Waals surface area contributed by atoms with Gasteiger partial charge in [-0.25, -0.2) is 13.8 Å². The van der Waals surface area contributed by atoms with Crippen LogP contribution in [0.3, 0.4) is 0 Å². The van der Waals surface area contributed by atoms with E-state index in [1.165, 1.54) is 6.07 Å². The van der Waals surface area contributed by atoms with Crippen molar-refractivity contribution in [3.63, 3.8) is 0 Å². The minimum atomic E-state index is -0.870. The topological polar surface area (TPSA) is 17.8 Å². The van der Waals surface area contributed by atoms with Crippen LogP contribution >= 0.6 is 15.9 Å². The molecule has 0 aliphatic rings. The van der Waals surface area contributed by atoms with Gasteiger partial charge in [-0.3, -0.25) is 0 Å². The molecule has 0 N–H and O–H groups in total. The van der Waals surface area contributed by atoms with Gasteiger partial charge >= 0.3 is 0 Å². The van der Waals surface area contributed by atoms with E-state index >= 15 is 0 Å². The van der Waals surface area contributed by atoms with Crippen LogP contribution in [0.1, 0.15) is 0 Å². The lowest BCUT2D eigenvalue weighted by Gasteiger charge is -2.00. The van der Waals surface area contributed by atoms with Crippen LogP contribution < -0.4 is 0 Å². The van der Waals surface area contributed by atoms with Gasteiger partial charge in [-0.15, -0.1) is 0 Å². The van der Waals surface area contributed by atoms with E-state index in [9.17, 15) is 8.78 Å². The molecule has 0 fully saturated rings. The van der Waals surface area contributed by atoms with Gasteiger partial charge in [0.15, 0.2) is 11.6 Å². The standard InChI is InChI=1S/C10H7BrF2N2/c1-15-5-14-9(10(15)11)6-2-3-7(12)8(13)4-6/h2-5H,1H3. The number of hydrogen-bond acceptors (Lipinski definition) is 1. The number of hydrogen-bond donors (Lipinski definition) is 0. The third kappa shape index (κ3) is 1.79. The Morgan fingerprint density at radius 3 is 2.53 bits per heavy atom. The number of nitrogens with zero attached hydrogens (tertiary/aromatic N) is 2. The normalized spacial score (nSPS) is 10.7. The van der Waals surface area contributed by atoms with Crippen molar-refractivity contribution in [3.8, 4) is 11.3 Å². The van der Waals surface area contributed by atoms with Crippen molar-refractivity contribution in [2.45, 2.75) is 0 Å². The van der Waals surface area contributed by atoms with Crippen LogP contribution in [-0.4, -0.2) is 9.55 Å². The summed E-state index contributed by atoms with van der Waals surface area (Å²) in [6.45, 7) is 0. The lowest BCUT2D eigenvalue weighted by atomic mass is 10.1. The molecule has 78 valence electrons. The molecule has 0 bridgehead atoms. The maximum absolute atomic E-state index is 13.0. The van der Waals surface area contributed by atoms with E-state index in [0.29, 0.717) is 11.3 Å². The Hall–Kier alpha value is -1.23. The summed E-state index contributed by atoms with van der Waals surface area (Å²) in [4.78, 5) is 4.08. The minimum Gasteiger partial charge on any atom is -0.328 e. The van der Waals surface area contributed by atoms with Crippen molar-refractivity contribution >= 4 is 15.9 Å². The Balaban J connectivity index is 2.55. The molecule has 0 aliphatic heterocycles. The summed E-state index contributed by atoms with van der Waals surface area (Å²) in [6.07, 6.45) is 1.60. The van der Waals surface area contributed by atoms with E-state index in [1.54, 1.807) is 17.9 Å². The Kier molecular flexibility index (Phi) is 2.56. The fourth-order valence-electron chi connectivity index (χ4n) is 1.25. The first-order chi connectivity index (χ1) is 7.09. The van der Waals surface area contributed by atoms with Gasteiger partial charge in [0, 0.05) is 12.6 Å². The SMILES string of the molecule is Cn1cnc(-c2ccc(F)c(F)c2)c1Br. The summed E-state index contributed by atoms with van der Waals surface area (Å²) in [5.41, 5.74) is 1.14. The molecule has 0 amide bonds. The second kappa shape index (κ2) is 3.73. The van der Waals surface area contributed by atoms with Crippen molar-refractivity contribution in [2.75, 3.05) is 0 Å². The first-order valence-electron chi connectivity index (χ1n) is 4.22. The number of rotatable bonds is 1. The largest absolute Gasteiger partial charge is 0.328 e. The highest BCUT2D eigenvalue weighted by Gasteiger charge is 2.10. The van der Waals surface area contributed by atoms with Crippen molar-refractivity contribution in [2.24, 2.45) is 7.05 Å². The lowest BCUT2D eigenvalue weighted by molar-refractivity contribution is 0.509. The second-order valence-electron chi connectivity index (χ2n) is 3.12. The van der Waals surface area contributed by atoms with E-state index in [4.69, 9.17) is 0 Å². The molecule has 2 rings (SSSR count). The van der Waals surface area contributed by atoms with Gasteiger partial charge < -0.3 is 4.57 Å². The molecule has 2 nitrogen and oxygen atoms in total. The van der Waals surface area contributed by atoms with E-state index in [1.807, 2.05) is 0 Å². The third-order valence-electron chi connectivity index (χ3n) is 2.06. The Labute approximate surface area is 93.7 Å². The summed E-state index contributed by atoms with van der Waals surface area (Å²) in [5.74, 6) is -1.73. The molecule has 0 aliphatic carbocycles. The monoisotopic (exact) mass is 272 g/mol. The minimum absolute atomic E-state index is 0.543.